The first-order valence-electron chi connectivity index (χ1n) is 8.64. The molecular formula is C18H24N2O2S. The van der Waals surface area contributed by atoms with Gasteiger partial charge in [-0.25, -0.2) is 4.98 Å². The number of aromatic nitrogens is 1. The van der Waals surface area contributed by atoms with Crippen LogP contribution in [0, 0.1) is 16.2 Å². The number of nitrogens with one attached hydrogen (secondary N) is 1. The molecule has 4 rings (SSSR count). The van der Waals surface area contributed by atoms with Crippen LogP contribution in [0.2, 0.25) is 0 Å². The molecule has 1 amide bonds. The number of hydrogen-bond donors (Lipinski definition) is 1. The normalized spacial score (nSPS) is 34.5. The van der Waals surface area contributed by atoms with Gasteiger partial charge < -0.3 is 5.32 Å². The van der Waals surface area contributed by atoms with Crippen LogP contribution in [0.15, 0.2) is 0 Å². The van der Waals surface area contributed by atoms with Crippen molar-refractivity contribution in [2.45, 2.75) is 65.7 Å². The maximum absolute atomic E-state index is 13.1. The second-order valence-corrected chi connectivity index (χ2v) is 9.27. The molecule has 1 aromatic rings. The molecule has 1 N–H and O–H groups in total. The minimum atomic E-state index is -0.564. The van der Waals surface area contributed by atoms with Gasteiger partial charge in [-0.3, -0.25) is 9.59 Å². The van der Waals surface area contributed by atoms with Crippen LogP contribution >= 0.6 is 11.3 Å². The zero-order valence-electron chi connectivity index (χ0n) is 14.1. The highest BCUT2D eigenvalue weighted by Gasteiger charge is 2.72. The molecule has 124 valence electrons. The third kappa shape index (κ3) is 1.80. The molecule has 2 bridgehead atoms. The van der Waals surface area contributed by atoms with E-state index in [2.05, 4.69) is 24.1 Å². The number of fused-ring (bicyclic) bond motifs is 3. The van der Waals surface area contributed by atoms with Gasteiger partial charge in [-0.2, -0.15) is 0 Å². The summed E-state index contributed by atoms with van der Waals surface area (Å²) in [6.45, 7) is 6.23. The van der Waals surface area contributed by atoms with E-state index in [0.717, 1.165) is 36.5 Å². The summed E-state index contributed by atoms with van der Waals surface area (Å²) >= 11 is 1.62. The molecule has 0 spiro atoms. The van der Waals surface area contributed by atoms with Gasteiger partial charge in [0.1, 0.15) is 5.78 Å². The van der Waals surface area contributed by atoms with Crippen molar-refractivity contribution in [3.63, 3.8) is 0 Å². The fraction of sp³-hybridized carbons (Fsp3) is 0.722. The van der Waals surface area contributed by atoms with Crippen LogP contribution in [0.3, 0.4) is 0 Å². The molecule has 1 aromatic heterocycles. The first kappa shape index (κ1) is 15.3. The Kier molecular flexibility index (Phi) is 3.10. The maximum Gasteiger partial charge on any atom is 0.233 e. The number of aryl methyl sites for hydroxylation is 2. The third-order valence-electron chi connectivity index (χ3n) is 7.21. The molecular weight excluding hydrogens is 308 g/mol. The van der Waals surface area contributed by atoms with E-state index in [1.165, 1.54) is 17.7 Å². The number of Topliss-reactive ketones (excluding diaryl/α,β-unsaturated/α-hetero) is 1. The Morgan fingerprint density at radius 3 is 2.52 bits per heavy atom. The third-order valence-corrected chi connectivity index (χ3v) is 8.28. The Bertz CT molecular complexity index is 684. The summed E-state index contributed by atoms with van der Waals surface area (Å²) in [7, 11) is 0. The highest BCUT2D eigenvalue weighted by atomic mass is 32.1. The second kappa shape index (κ2) is 4.65. The van der Waals surface area contributed by atoms with E-state index in [1.807, 2.05) is 6.92 Å². The van der Waals surface area contributed by atoms with Crippen molar-refractivity contribution in [1.82, 2.24) is 4.98 Å². The van der Waals surface area contributed by atoms with Gasteiger partial charge in [0, 0.05) is 16.7 Å². The topological polar surface area (TPSA) is 59.1 Å². The molecule has 2 saturated carbocycles. The number of carbonyl (C=O) groups excluding carboxylic acids is 2. The summed E-state index contributed by atoms with van der Waals surface area (Å²) in [5.41, 5.74) is -0.0535. The fourth-order valence-electron chi connectivity index (χ4n) is 4.98. The highest BCUT2D eigenvalue weighted by Crippen LogP contribution is 2.70. The number of amides is 1. The molecule has 3 aliphatic rings. The number of nitrogens with zero attached hydrogens (tertiary/aromatic N) is 1. The van der Waals surface area contributed by atoms with Crippen LogP contribution < -0.4 is 5.32 Å². The SMILES string of the molecule is CC12CCC(C(=O)Nc3nc4c(s3)CCCC4)(CC1=O)C2(C)C. The molecule has 0 radical (unpaired) electrons. The Hall–Kier alpha value is -1.23. The van der Waals surface area contributed by atoms with Crippen molar-refractivity contribution in [3.05, 3.63) is 10.6 Å². The molecule has 23 heavy (non-hydrogen) atoms. The molecule has 2 atom stereocenters. The van der Waals surface area contributed by atoms with Crippen molar-refractivity contribution in [3.8, 4) is 0 Å². The number of rotatable bonds is 2. The van der Waals surface area contributed by atoms with E-state index in [0.29, 0.717) is 6.42 Å². The Labute approximate surface area is 141 Å². The van der Waals surface area contributed by atoms with Gasteiger partial charge in [0.05, 0.1) is 11.1 Å². The Balaban J connectivity index is 1.62. The monoisotopic (exact) mass is 332 g/mol. The second-order valence-electron chi connectivity index (χ2n) is 8.19. The van der Waals surface area contributed by atoms with Crippen molar-refractivity contribution >= 4 is 28.2 Å². The molecule has 0 aromatic carbocycles. The van der Waals surface area contributed by atoms with E-state index in [-0.39, 0.29) is 22.5 Å². The van der Waals surface area contributed by atoms with Gasteiger partial charge in [-0.15, -0.1) is 11.3 Å². The molecule has 4 nitrogen and oxygen atoms in total. The van der Waals surface area contributed by atoms with Gasteiger partial charge in [0.2, 0.25) is 5.91 Å². The Morgan fingerprint density at radius 1 is 1.17 bits per heavy atom. The number of hydrogen-bond acceptors (Lipinski definition) is 4. The number of ketones is 1. The van der Waals surface area contributed by atoms with Gasteiger partial charge in [0.25, 0.3) is 0 Å². The van der Waals surface area contributed by atoms with Gasteiger partial charge in [-0.05, 0) is 43.9 Å². The lowest BCUT2D eigenvalue weighted by atomic mass is 9.64. The smallest absolute Gasteiger partial charge is 0.233 e. The van der Waals surface area contributed by atoms with E-state index < -0.39 is 5.41 Å². The van der Waals surface area contributed by atoms with Crippen molar-refractivity contribution in [2.24, 2.45) is 16.2 Å². The summed E-state index contributed by atoms with van der Waals surface area (Å²) in [5, 5.41) is 3.79. The molecule has 1 heterocycles. The van der Waals surface area contributed by atoms with Crippen LogP contribution in [0.25, 0.3) is 0 Å². The number of anilines is 1. The van der Waals surface area contributed by atoms with Gasteiger partial charge in [-0.1, -0.05) is 20.8 Å². The van der Waals surface area contributed by atoms with Crippen LogP contribution in [0.1, 0.15) is 63.4 Å². The van der Waals surface area contributed by atoms with Crippen LogP contribution in [-0.2, 0) is 22.4 Å². The predicted octanol–water partition coefficient (Wildman–Crippen LogP) is 3.75. The summed E-state index contributed by atoms with van der Waals surface area (Å²) in [4.78, 5) is 31.6. The first-order chi connectivity index (χ1) is 10.8. The van der Waals surface area contributed by atoms with Crippen LogP contribution in [-0.4, -0.2) is 16.7 Å². The van der Waals surface area contributed by atoms with Crippen molar-refractivity contribution in [2.75, 3.05) is 5.32 Å². The lowest BCUT2D eigenvalue weighted by Crippen LogP contribution is -2.43. The van der Waals surface area contributed by atoms with E-state index >= 15 is 0 Å². The van der Waals surface area contributed by atoms with Crippen molar-refractivity contribution < 1.29 is 9.59 Å². The molecule has 2 fully saturated rings. The summed E-state index contributed by atoms with van der Waals surface area (Å²) < 4.78 is 0. The predicted molar refractivity (Wildman–Crippen MR) is 90.6 cm³/mol. The Morgan fingerprint density at radius 2 is 1.91 bits per heavy atom. The first-order valence-corrected chi connectivity index (χ1v) is 9.45. The van der Waals surface area contributed by atoms with E-state index in [9.17, 15) is 9.59 Å². The molecule has 2 unspecified atom stereocenters. The molecule has 0 saturated heterocycles. The average molecular weight is 332 g/mol. The minimum Gasteiger partial charge on any atom is -0.301 e. The maximum atomic E-state index is 13.1. The lowest BCUT2D eigenvalue weighted by Gasteiger charge is -2.38. The summed E-state index contributed by atoms with van der Waals surface area (Å²) in [5.74, 6) is 0.255. The lowest BCUT2D eigenvalue weighted by molar-refractivity contribution is -0.131. The fourth-order valence-corrected chi connectivity index (χ4v) is 6.03. The van der Waals surface area contributed by atoms with Crippen LogP contribution in [0.4, 0.5) is 5.13 Å². The average Bonchev–Trinajstić information content (AvgIpc) is 3.04. The largest absolute Gasteiger partial charge is 0.301 e. The highest BCUT2D eigenvalue weighted by molar-refractivity contribution is 7.15. The summed E-state index contributed by atoms with van der Waals surface area (Å²) in [6.07, 6.45) is 6.51. The molecule has 0 aliphatic heterocycles. The van der Waals surface area contributed by atoms with E-state index in [1.54, 1.807) is 11.3 Å². The molecule has 3 aliphatic carbocycles. The zero-order valence-corrected chi connectivity index (χ0v) is 14.9. The van der Waals surface area contributed by atoms with E-state index in [4.69, 9.17) is 0 Å². The standard InChI is InChI=1S/C18H24N2O2S/c1-16(2)17(3)8-9-18(16,10-13(17)21)14(22)20-15-19-11-6-4-5-7-12(11)23-15/h4-10H2,1-3H3,(H,19,20,22). The number of thiazole rings is 1. The quantitative estimate of drug-likeness (QED) is 0.897. The van der Waals surface area contributed by atoms with Crippen molar-refractivity contribution in [1.29, 1.82) is 0 Å². The van der Waals surface area contributed by atoms with Gasteiger partial charge in [0.15, 0.2) is 5.13 Å². The molecule has 5 heteroatoms. The zero-order chi connectivity index (χ0) is 16.5. The summed E-state index contributed by atoms with van der Waals surface area (Å²) in [6, 6.07) is 0. The number of carbonyl (C=O) groups is 2. The van der Waals surface area contributed by atoms with Crippen LogP contribution in [0.5, 0.6) is 0 Å². The van der Waals surface area contributed by atoms with Gasteiger partial charge >= 0.3 is 0 Å². The minimum absolute atomic E-state index is 0.00294.